The summed E-state index contributed by atoms with van der Waals surface area (Å²) in [6.45, 7) is 2.00. The first-order valence-corrected chi connectivity index (χ1v) is 7.37. The van der Waals surface area contributed by atoms with Gasteiger partial charge in [0.05, 0.1) is 0 Å². The third-order valence-electron chi connectivity index (χ3n) is 3.05. The Bertz CT molecular complexity index is 586. The number of benzene rings is 2. The van der Waals surface area contributed by atoms with Gasteiger partial charge in [0.1, 0.15) is 11.6 Å². The minimum absolute atomic E-state index is 0.00339. The molecule has 0 aliphatic rings. The van der Waals surface area contributed by atoms with Gasteiger partial charge < -0.3 is 5.73 Å². The van der Waals surface area contributed by atoms with Crippen molar-refractivity contribution in [3.8, 4) is 0 Å². The maximum absolute atomic E-state index is 13.4. The molecule has 0 aromatic heterocycles. The van der Waals surface area contributed by atoms with E-state index in [1.165, 1.54) is 36.0 Å². The predicted molar refractivity (Wildman–Crippen MR) is 78.9 cm³/mol. The molecule has 0 fully saturated rings. The second kappa shape index (κ2) is 6.86. The molecule has 0 aliphatic carbocycles. The molecule has 0 saturated carbocycles. The molecular weight excluding hydrogens is 276 g/mol. The van der Waals surface area contributed by atoms with E-state index in [4.69, 9.17) is 5.73 Å². The molecule has 1 atom stereocenters. The molecule has 2 aromatic rings. The smallest absolute Gasteiger partial charge is 0.124 e. The number of hydrogen-bond donors (Lipinski definition) is 1. The molecule has 2 N–H and O–H groups in total. The van der Waals surface area contributed by atoms with Crippen molar-refractivity contribution in [3.05, 3.63) is 59.7 Å². The molecule has 2 rings (SSSR count). The van der Waals surface area contributed by atoms with Crippen molar-refractivity contribution in [3.63, 3.8) is 0 Å². The zero-order valence-corrected chi connectivity index (χ0v) is 12.1. The van der Waals surface area contributed by atoms with Crippen molar-refractivity contribution in [1.82, 2.24) is 0 Å². The van der Waals surface area contributed by atoms with Crippen LogP contribution in [0.5, 0.6) is 0 Å². The van der Waals surface area contributed by atoms with E-state index >= 15 is 0 Å². The Morgan fingerprint density at radius 3 is 2.55 bits per heavy atom. The molecule has 0 spiro atoms. The molecule has 0 heterocycles. The molecule has 0 amide bonds. The van der Waals surface area contributed by atoms with Crippen LogP contribution in [0, 0.1) is 11.6 Å². The summed E-state index contributed by atoms with van der Waals surface area (Å²) in [5, 5.41) is 0. The third-order valence-corrected chi connectivity index (χ3v) is 4.16. The number of halogens is 2. The Kier molecular flexibility index (Phi) is 5.15. The van der Waals surface area contributed by atoms with Crippen molar-refractivity contribution in [2.75, 3.05) is 0 Å². The van der Waals surface area contributed by atoms with Crippen LogP contribution < -0.4 is 5.73 Å². The van der Waals surface area contributed by atoms with Gasteiger partial charge in [-0.25, -0.2) is 8.78 Å². The van der Waals surface area contributed by atoms with Gasteiger partial charge in [0, 0.05) is 15.8 Å². The molecule has 0 aliphatic heterocycles. The van der Waals surface area contributed by atoms with Gasteiger partial charge in [-0.15, -0.1) is 0 Å². The van der Waals surface area contributed by atoms with Crippen molar-refractivity contribution in [2.45, 2.75) is 35.6 Å². The first-order valence-electron chi connectivity index (χ1n) is 6.56. The standard InChI is InChI=1S/C16H17F2NS/c1-2-14(19)9-11-8-13(18)6-7-16(11)20-15-5-3-4-12(17)10-15/h3-8,10,14H,2,9,19H2,1H3. The maximum Gasteiger partial charge on any atom is 0.124 e. The molecule has 20 heavy (non-hydrogen) atoms. The monoisotopic (exact) mass is 293 g/mol. The maximum atomic E-state index is 13.4. The van der Waals surface area contributed by atoms with E-state index in [9.17, 15) is 8.78 Å². The van der Waals surface area contributed by atoms with Gasteiger partial charge in [0.15, 0.2) is 0 Å². The Labute approximate surface area is 122 Å². The molecule has 1 nitrogen and oxygen atoms in total. The zero-order chi connectivity index (χ0) is 14.5. The Morgan fingerprint density at radius 2 is 1.85 bits per heavy atom. The number of hydrogen-bond acceptors (Lipinski definition) is 2. The average molecular weight is 293 g/mol. The van der Waals surface area contributed by atoms with Gasteiger partial charge >= 0.3 is 0 Å². The zero-order valence-electron chi connectivity index (χ0n) is 11.3. The summed E-state index contributed by atoms with van der Waals surface area (Å²) in [7, 11) is 0. The first kappa shape index (κ1) is 15.0. The minimum atomic E-state index is -0.274. The summed E-state index contributed by atoms with van der Waals surface area (Å²) >= 11 is 1.43. The van der Waals surface area contributed by atoms with Crippen LogP contribution in [0.2, 0.25) is 0 Å². The van der Waals surface area contributed by atoms with Crippen LogP contribution in [0.25, 0.3) is 0 Å². The van der Waals surface area contributed by atoms with E-state index in [-0.39, 0.29) is 17.7 Å². The molecule has 106 valence electrons. The second-order valence-electron chi connectivity index (χ2n) is 4.68. The largest absolute Gasteiger partial charge is 0.327 e. The minimum Gasteiger partial charge on any atom is -0.327 e. The van der Waals surface area contributed by atoms with Gasteiger partial charge in [-0.2, -0.15) is 0 Å². The highest BCUT2D eigenvalue weighted by molar-refractivity contribution is 7.99. The molecule has 2 aromatic carbocycles. The van der Waals surface area contributed by atoms with E-state index in [2.05, 4.69) is 0 Å². The van der Waals surface area contributed by atoms with Gasteiger partial charge in [0.2, 0.25) is 0 Å². The normalized spacial score (nSPS) is 12.4. The van der Waals surface area contributed by atoms with Crippen molar-refractivity contribution in [1.29, 1.82) is 0 Å². The number of rotatable bonds is 5. The lowest BCUT2D eigenvalue weighted by Crippen LogP contribution is -2.21. The van der Waals surface area contributed by atoms with E-state index in [1.54, 1.807) is 12.1 Å². The SMILES string of the molecule is CCC(N)Cc1cc(F)ccc1Sc1cccc(F)c1. The summed E-state index contributed by atoms with van der Waals surface area (Å²) in [6, 6.07) is 11.0. The fourth-order valence-electron chi connectivity index (χ4n) is 1.89. The van der Waals surface area contributed by atoms with Gasteiger partial charge in [-0.05, 0) is 54.8 Å². The highest BCUT2D eigenvalue weighted by Crippen LogP contribution is 2.32. The topological polar surface area (TPSA) is 26.0 Å². The van der Waals surface area contributed by atoms with Crippen LogP contribution in [0.15, 0.2) is 52.3 Å². The van der Waals surface area contributed by atoms with Crippen molar-refractivity contribution in [2.24, 2.45) is 5.73 Å². The second-order valence-corrected chi connectivity index (χ2v) is 5.80. The van der Waals surface area contributed by atoms with Crippen molar-refractivity contribution < 1.29 is 8.78 Å². The quantitative estimate of drug-likeness (QED) is 0.884. The highest BCUT2D eigenvalue weighted by atomic mass is 32.2. The molecule has 0 radical (unpaired) electrons. The fraction of sp³-hybridized carbons (Fsp3) is 0.250. The molecule has 1 unspecified atom stereocenters. The third kappa shape index (κ3) is 4.05. The van der Waals surface area contributed by atoms with Gasteiger partial charge in [0.25, 0.3) is 0 Å². The van der Waals surface area contributed by atoms with E-state index < -0.39 is 0 Å². The lowest BCUT2D eigenvalue weighted by molar-refractivity contribution is 0.609. The predicted octanol–water partition coefficient (Wildman–Crippen LogP) is 4.40. The Balaban J connectivity index is 2.26. The fourth-order valence-corrected chi connectivity index (χ4v) is 2.87. The van der Waals surface area contributed by atoms with E-state index in [0.717, 1.165) is 21.8 Å². The Morgan fingerprint density at radius 1 is 1.10 bits per heavy atom. The van der Waals surface area contributed by atoms with Crippen molar-refractivity contribution >= 4 is 11.8 Å². The molecule has 4 heteroatoms. The lowest BCUT2D eigenvalue weighted by atomic mass is 10.0. The van der Waals surface area contributed by atoms with Crippen LogP contribution >= 0.6 is 11.8 Å². The molecule has 0 bridgehead atoms. The summed E-state index contributed by atoms with van der Waals surface area (Å²) < 4.78 is 26.6. The lowest BCUT2D eigenvalue weighted by Gasteiger charge is -2.13. The van der Waals surface area contributed by atoms with Crippen LogP contribution in [0.1, 0.15) is 18.9 Å². The van der Waals surface area contributed by atoms with Gasteiger partial charge in [-0.3, -0.25) is 0 Å². The summed E-state index contributed by atoms with van der Waals surface area (Å²) in [5.41, 5.74) is 6.82. The van der Waals surface area contributed by atoms with Crippen LogP contribution in [-0.4, -0.2) is 6.04 Å². The molecule has 0 saturated heterocycles. The van der Waals surface area contributed by atoms with E-state index in [0.29, 0.717) is 6.42 Å². The number of nitrogens with two attached hydrogens (primary N) is 1. The summed E-state index contributed by atoms with van der Waals surface area (Å²) in [4.78, 5) is 1.71. The van der Waals surface area contributed by atoms with E-state index in [1.807, 2.05) is 13.0 Å². The summed E-state index contributed by atoms with van der Waals surface area (Å²) in [5.74, 6) is -0.546. The van der Waals surface area contributed by atoms with Crippen LogP contribution in [0.3, 0.4) is 0 Å². The Hall–Kier alpha value is -1.39. The van der Waals surface area contributed by atoms with Crippen LogP contribution in [0.4, 0.5) is 8.78 Å². The van der Waals surface area contributed by atoms with Gasteiger partial charge in [-0.1, -0.05) is 24.8 Å². The first-order chi connectivity index (χ1) is 9.58. The summed E-state index contributed by atoms with van der Waals surface area (Å²) in [6.07, 6.45) is 1.45. The molecular formula is C16H17F2NS. The van der Waals surface area contributed by atoms with Crippen LogP contribution in [-0.2, 0) is 6.42 Å². The highest BCUT2D eigenvalue weighted by Gasteiger charge is 2.10. The average Bonchev–Trinajstić information content (AvgIpc) is 2.42.